The van der Waals surface area contributed by atoms with Crippen LogP contribution in [0.4, 0.5) is 0 Å². The van der Waals surface area contributed by atoms with Gasteiger partial charge in [0.05, 0.1) is 6.61 Å². The maximum Gasteiger partial charge on any atom is 0.193 e. The monoisotopic (exact) mass is 425 g/mol. The first kappa shape index (κ1) is 22.0. The molecule has 1 saturated heterocycles. The Morgan fingerprint density at radius 1 is 1.32 bits per heavy atom. The number of nitrogens with one attached hydrogen (secondary N) is 1. The van der Waals surface area contributed by atoms with Crippen LogP contribution in [0.2, 0.25) is 0 Å². The molecule has 1 heterocycles. The average molecular weight is 425 g/mol. The lowest BCUT2D eigenvalue weighted by Gasteiger charge is -2.26. The van der Waals surface area contributed by atoms with Gasteiger partial charge >= 0.3 is 0 Å². The smallest absolute Gasteiger partial charge is 0.193 e. The van der Waals surface area contributed by atoms with Crippen LogP contribution >= 0.6 is 24.0 Å². The fraction of sp³-hybridized carbons (Fsp3) is 0.941. The minimum absolute atomic E-state index is 0. The number of hydrogen-bond donors (Lipinski definition) is 1. The Labute approximate surface area is 154 Å². The van der Waals surface area contributed by atoms with Crippen LogP contribution in [-0.2, 0) is 4.74 Å². The minimum atomic E-state index is 0. The Balaban J connectivity index is 0.00000441. The van der Waals surface area contributed by atoms with E-state index in [9.17, 15) is 0 Å². The molecule has 5 heteroatoms. The van der Waals surface area contributed by atoms with E-state index in [2.05, 4.69) is 36.1 Å². The predicted molar refractivity (Wildman–Crippen MR) is 106 cm³/mol. The summed E-state index contributed by atoms with van der Waals surface area (Å²) in [6.45, 7) is 8.45. The van der Waals surface area contributed by atoms with Crippen molar-refractivity contribution < 1.29 is 4.74 Å². The first-order valence-corrected chi connectivity index (χ1v) is 8.70. The molecule has 0 saturated carbocycles. The zero-order valence-corrected chi connectivity index (χ0v) is 17.3. The molecule has 1 rings (SSSR count). The molecular formula is C17H36IN3O. The van der Waals surface area contributed by atoms with Gasteiger partial charge in [-0.15, -0.1) is 24.0 Å². The zero-order valence-electron chi connectivity index (χ0n) is 14.9. The Kier molecular flexibility index (Phi) is 13.4. The van der Waals surface area contributed by atoms with Crippen molar-refractivity contribution in [2.75, 3.05) is 40.4 Å². The van der Waals surface area contributed by atoms with Crippen molar-refractivity contribution in [3.63, 3.8) is 0 Å². The van der Waals surface area contributed by atoms with E-state index in [1.165, 1.54) is 38.5 Å². The maximum absolute atomic E-state index is 5.46. The molecule has 1 aliphatic rings. The summed E-state index contributed by atoms with van der Waals surface area (Å²) in [6.07, 6.45) is 7.70. The Morgan fingerprint density at radius 2 is 2.09 bits per heavy atom. The summed E-state index contributed by atoms with van der Waals surface area (Å²) in [4.78, 5) is 6.69. The highest BCUT2D eigenvalue weighted by molar-refractivity contribution is 14.0. The van der Waals surface area contributed by atoms with Crippen molar-refractivity contribution >= 4 is 29.9 Å². The third-order valence-corrected chi connectivity index (χ3v) is 4.34. The lowest BCUT2D eigenvalue weighted by atomic mass is 9.97. The molecule has 0 radical (unpaired) electrons. The molecule has 2 atom stereocenters. The molecule has 0 amide bonds. The van der Waals surface area contributed by atoms with Crippen LogP contribution in [0.3, 0.4) is 0 Å². The van der Waals surface area contributed by atoms with Crippen molar-refractivity contribution in [3.05, 3.63) is 0 Å². The van der Waals surface area contributed by atoms with Gasteiger partial charge in [-0.1, -0.05) is 33.1 Å². The van der Waals surface area contributed by atoms with Crippen molar-refractivity contribution in [3.8, 4) is 0 Å². The number of nitrogens with zero attached hydrogens (tertiary/aromatic N) is 2. The van der Waals surface area contributed by atoms with E-state index < -0.39 is 0 Å². The van der Waals surface area contributed by atoms with E-state index in [4.69, 9.17) is 4.74 Å². The van der Waals surface area contributed by atoms with Crippen LogP contribution in [-0.4, -0.2) is 51.3 Å². The van der Waals surface area contributed by atoms with Gasteiger partial charge in [0.25, 0.3) is 0 Å². The van der Waals surface area contributed by atoms with E-state index in [-0.39, 0.29) is 24.0 Å². The SMILES string of the molecule is CCCCC(CCC)CNC(=NC)N(C)CC1CCOC1.I. The third-order valence-electron chi connectivity index (χ3n) is 4.34. The van der Waals surface area contributed by atoms with Crippen molar-refractivity contribution in [2.24, 2.45) is 16.8 Å². The fourth-order valence-corrected chi connectivity index (χ4v) is 3.07. The number of hydrogen-bond acceptors (Lipinski definition) is 2. The number of rotatable bonds is 9. The summed E-state index contributed by atoms with van der Waals surface area (Å²) in [5.41, 5.74) is 0. The molecule has 1 fully saturated rings. The fourth-order valence-electron chi connectivity index (χ4n) is 3.07. The van der Waals surface area contributed by atoms with Gasteiger partial charge in [-0.3, -0.25) is 4.99 Å². The van der Waals surface area contributed by atoms with Gasteiger partial charge in [0.15, 0.2) is 5.96 Å². The van der Waals surface area contributed by atoms with E-state index in [0.29, 0.717) is 5.92 Å². The van der Waals surface area contributed by atoms with Gasteiger partial charge in [-0.05, 0) is 25.2 Å². The van der Waals surface area contributed by atoms with E-state index in [1.54, 1.807) is 0 Å². The molecular weight excluding hydrogens is 389 g/mol. The molecule has 132 valence electrons. The average Bonchev–Trinajstić information content (AvgIpc) is 2.98. The lowest BCUT2D eigenvalue weighted by Crippen LogP contribution is -2.43. The second kappa shape index (κ2) is 13.4. The second-order valence-electron chi connectivity index (χ2n) is 6.34. The zero-order chi connectivity index (χ0) is 15.5. The Bertz CT molecular complexity index is 294. The standard InChI is InChI=1S/C17H35N3O.HI/c1-5-7-9-15(8-6-2)12-19-17(18-3)20(4)13-16-10-11-21-14-16;/h15-16H,5-14H2,1-4H3,(H,18,19);1H. The van der Waals surface area contributed by atoms with Crippen LogP contribution in [0.15, 0.2) is 4.99 Å². The van der Waals surface area contributed by atoms with Crippen LogP contribution in [0.5, 0.6) is 0 Å². The van der Waals surface area contributed by atoms with Crippen LogP contribution in [0, 0.1) is 11.8 Å². The maximum atomic E-state index is 5.46. The molecule has 0 aromatic carbocycles. The number of unbranched alkanes of at least 4 members (excludes halogenated alkanes) is 1. The molecule has 4 nitrogen and oxygen atoms in total. The van der Waals surface area contributed by atoms with Crippen LogP contribution in [0.25, 0.3) is 0 Å². The van der Waals surface area contributed by atoms with Gasteiger partial charge in [-0.25, -0.2) is 0 Å². The molecule has 22 heavy (non-hydrogen) atoms. The quantitative estimate of drug-likeness (QED) is 0.347. The van der Waals surface area contributed by atoms with Crippen LogP contribution < -0.4 is 5.32 Å². The minimum Gasteiger partial charge on any atom is -0.381 e. The second-order valence-corrected chi connectivity index (χ2v) is 6.34. The van der Waals surface area contributed by atoms with E-state index in [1.807, 2.05) is 7.05 Å². The number of ether oxygens (including phenoxy) is 1. The molecule has 1 aliphatic heterocycles. The molecule has 0 aromatic rings. The number of halogens is 1. The molecule has 0 bridgehead atoms. The predicted octanol–water partition coefficient (Wildman–Crippen LogP) is 3.75. The summed E-state index contributed by atoms with van der Waals surface area (Å²) < 4.78 is 5.46. The van der Waals surface area contributed by atoms with Crippen molar-refractivity contribution in [1.82, 2.24) is 10.2 Å². The first-order chi connectivity index (χ1) is 10.2. The highest BCUT2D eigenvalue weighted by atomic mass is 127. The lowest BCUT2D eigenvalue weighted by molar-refractivity contribution is 0.181. The topological polar surface area (TPSA) is 36.9 Å². The highest BCUT2D eigenvalue weighted by Gasteiger charge is 2.19. The summed E-state index contributed by atoms with van der Waals surface area (Å²) in [7, 11) is 4.01. The van der Waals surface area contributed by atoms with Gasteiger partial charge in [-0.2, -0.15) is 0 Å². The van der Waals surface area contributed by atoms with E-state index in [0.717, 1.165) is 38.2 Å². The van der Waals surface area contributed by atoms with E-state index >= 15 is 0 Å². The number of aliphatic imine (C=N–C) groups is 1. The normalized spacial score (nSPS) is 19.6. The first-order valence-electron chi connectivity index (χ1n) is 8.70. The Hall–Kier alpha value is -0.0400. The third kappa shape index (κ3) is 8.56. The van der Waals surface area contributed by atoms with Gasteiger partial charge in [0, 0.05) is 39.7 Å². The largest absolute Gasteiger partial charge is 0.381 e. The number of guanidine groups is 1. The van der Waals surface area contributed by atoms with Crippen molar-refractivity contribution in [1.29, 1.82) is 0 Å². The Morgan fingerprint density at radius 3 is 2.64 bits per heavy atom. The van der Waals surface area contributed by atoms with Gasteiger partial charge < -0.3 is 15.0 Å². The highest BCUT2D eigenvalue weighted by Crippen LogP contribution is 2.15. The molecule has 0 spiro atoms. The summed E-state index contributed by atoms with van der Waals surface area (Å²) >= 11 is 0. The molecule has 1 N–H and O–H groups in total. The molecule has 0 aromatic heterocycles. The van der Waals surface area contributed by atoms with Gasteiger partial charge in [0.1, 0.15) is 0 Å². The molecule has 2 unspecified atom stereocenters. The summed E-state index contributed by atoms with van der Waals surface area (Å²) in [6, 6.07) is 0. The van der Waals surface area contributed by atoms with Crippen LogP contribution in [0.1, 0.15) is 52.4 Å². The summed E-state index contributed by atoms with van der Waals surface area (Å²) in [5, 5.41) is 3.57. The van der Waals surface area contributed by atoms with Gasteiger partial charge in [0.2, 0.25) is 0 Å². The van der Waals surface area contributed by atoms with Crippen molar-refractivity contribution in [2.45, 2.75) is 52.4 Å². The molecule has 0 aliphatic carbocycles. The summed E-state index contributed by atoms with van der Waals surface area (Å²) in [5.74, 6) is 2.45.